The molecule has 0 aliphatic heterocycles. The molecule has 0 aliphatic rings. The molecular formula is C30H31N3O7. The van der Waals surface area contributed by atoms with Crippen LogP contribution in [0, 0.1) is 0 Å². The van der Waals surface area contributed by atoms with Crippen molar-refractivity contribution in [3.8, 4) is 0 Å². The third kappa shape index (κ3) is 7.76. The molecule has 40 heavy (non-hydrogen) atoms. The number of aldehydes is 1. The summed E-state index contributed by atoms with van der Waals surface area (Å²) in [6.07, 6.45) is 4.70. The summed E-state index contributed by atoms with van der Waals surface area (Å²) in [5.74, 6) is -1.83. The van der Waals surface area contributed by atoms with Gasteiger partial charge in [-0.3, -0.25) is 14.4 Å². The van der Waals surface area contributed by atoms with E-state index in [9.17, 15) is 24.0 Å². The van der Waals surface area contributed by atoms with E-state index in [1.807, 2.05) is 19.9 Å². The molecule has 208 valence electrons. The predicted molar refractivity (Wildman–Crippen MR) is 153 cm³/mol. The Labute approximate surface area is 231 Å². The average molecular weight is 546 g/mol. The highest BCUT2D eigenvalue weighted by Crippen LogP contribution is 2.22. The third-order valence-electron chi connectivity index (χ3n) is 5.91. The van der Waals surface area contributed by atoms with Crippen LogP contribution in [0.5, 0.6) is 0 Å². The second kappa shape index (κ2) is 14.2. The van der Waals surface area contributed by atoms with E-state index in [1.54, 1.807) is 49.4 Å². The Kier molecular flexibility index (Phi) is 10.5. The molecule has 2 N–H and O–H groups in total. The number of carbonyl (C=O) groups is 4. The second-order valence-electron chi connectivity index (χ2n) is 8.51. The molecule has 10 nitrogen and oxygen atoms in total. The Morgan fingerprint density at radius 1 is 1.00 bits per heavy atom. The maximum Gasteiger partial charge on any atom is 0.349 e. The summed E-state index contributed by atoms with van der Waals surface area (Å²) < 4.78 is 10.3. The van der Waals surface area contributed by atoms with E-state index < -0.39 is 23.4 Å². The number of rotatable bonds is 12. The number of anilines is 2. The molecule has 2 amide bonds. The van der Waals surface area contributed by atoms with Crippen LogP contribution in [-0.2, 0) is 19.1 Å². The van der Waals surface area contributed by atoms with E-state index in [1.165, 1.54) is 12.1 Å². The molecule has 3 aromatic rings. The number of benzene rings is 2. The Hall–Kier alpha value is -4.99. The molecule has 0 saturated carbocycles. The van der Waals surface area contributed by atoms with Crippen molar-refractivity contribution in [1.29, 1.82) is 0 Å². The number of allylic oxidation sites excluding steroid dienone is 1. The molecule has 0 atom stereocenters. The van der Waals surface area contributed by atoms with Gasteiger partial charge in [-0.05, 0) is 68.8 Å². The number of hydrogen-bond donors (Lipinski definition) is 2. The molecule has 1 heterocycles. The number of nitrogens with one attached hydrogen (secondary N) is 2. The standard InChI is InChI=1S/C30H31N3O7/c1-4-33(5-2)24-14-11-22-17-25(30(38)40-26(22)18-24)28(36)31-19-27(35)32-23-12-8-20(9-13-23)7-10-21(15-16-34)29(37)39-6-3/h7-18H,4-6,19H2,1-3H3,(H,31,36)(H,32,35). The lowest BCUT2D eigenvalue weighted by Gasteiger charge is -2.21. The molecular weight excluding hydrogens is 514 g/mol. The van der Waals surface area contributed by atoms with Gasteiger partial charge >= 0.3 is 11.6 Å². The topological polar surface area (TPSA) is 135 Å². The number of hydrogen-bond acceptors (Lipinski definition) is 8. The van der Waals surface area contributed by atoms with Crippen molar-refractivity contribution in [3.05, 3.63) is 87.8 Å². The van der Waals surface area contributed by atoms with E-state index >= 15 is 0 Å². The zero-order valence-corrected chi connectivity index (χ0v) is 22.6. The normalized spacial score (nSPS) is 11.3. The summed E-state index contributed by atoms with van der Waals surface area (Å²) in [5.41, 5.74) is 1.58. The average Bonchev–Trinajstić information content (AvgIpc) is 2.95. The van der Waals surface area contributed by atoms with Gasteiger partial charge in [0.2, 0.25) is 5.91 Å². The first kappa shape index (κ1) is 29.6. The van der Waals surface area contributed by atoms with Crippen LogP contribution in [0.3, 0.4) is 0 Å². The first-order valence-corrected chi connectivity index (χ1v) is 12.8. The van der Waals surface area contributed by atoms with Crippen molar-refractivity contribution in [2.24, 2.45) is 0 Å². The van der Waals surface area contributed by atoms with Crippen LogP contribution in [0.25, 0.3) is 17.0 Å². The van der Waals surface area contributed by atoms with E-state index in [-0.39, 0.29) is 24.3 Å². The minimum atomic E-state index is -0.792. The molecule has 0 radical (unpaired) electrons. The number of esters is 1. The highest BCUT2D eigenvalue weighted by Gasteiger charge is 2.16. The first-order valence-electron chi connectivity index (χ1n) is 12.8. The van der Waals surface area contributed by atoms with E-state index in [2.05, 4.69) is 15.5 Å². The Bertz CT molecular complexity index is 1500. The fraction of sp³-hybridized carbons (Fsp3) is 0.233. The van der Waals surface area contributed by atoms with Crippen LogP contribution in [0.1, 0.15) is 36.7 Å². The van der Waals surface area contributed by atoms with Crippen LogP contribution in [0.4, 0.5) is 11.4 Å². The fourth-order valence-electron chi connectivity index (χ4n) is 3.85. The summed E-state index contributed by atoms with van der Waals surface area (Å²) in [5, 5.41) is 5.69. The molecule has 0 fully saturated rings. The van der Waals surface area contributed by atoms with Crippen LogP contribution in [0.15, 0.2) is 75.5 Å². The highest BCUT2D eigenvalue weighted by molar-refractivity contribution is 6.01. The van der Waals surface area contributed by atoms with Gasteiger partial charge in [0.05, 0.1) is 18.7 Å². The van der Waals surface area contributed by atoms with Crippen molar-refractivity contribution in [1.82, 2.24) is 5.32 Å². The van der Waals surface area contributed by atoms with E-state index in [0.29, 0.717) is 28.5 Å². The Balaban J connectivity index is 1.60. The minimum absolute atomic E-state index is 0.106. The monoisotopic (exact) mass is 545 g/mol. The molecule has 2 aromatic carbocycles. The zero-order chi connectivity index (χ0) is 29.1. The number of fused-ring (bicyclic) bond motifs is 1. The summed E-state index contributed by atoms with van der Waals surface area (Å²) in [7, 11) is 0. The van der Waals surface area contributed by atoms with Crippen molar-refractivity contribution in [3.63, 3.8) is 0 Å². The third-order valence-corrected chi connectivity index (χ3v) is 5.91. The van der Waals surface area contributed by atoms with Crippen LogP contribution in [0.2, 0.25) is 0 Å². The minimum Gasteiger partial charge on any atom is -0.462 e. The lowest BCUT2D eigenvalue weighted by molar-refractivity contribution is -0.138. The Morgan fingerprint density at radius 3 is 2.38 bits per heavy atom. The quantitative estimate of drug-likeness (QED) is 0.116. The van der Waals surface area contributed by atoms with Gasteiger partial charge < -0.3 is 24.7 Å². The van der Waals surface area contributed by atoms with Gasteiger partial charge in [-0.25, -0.2) is 9.59 Å². The smallest absolute Gasteiger partial charge is 0.349 e. The van der Waals surface area contributed by atoms with E-state index in [0.717, 1.165) is 24.9 Å². The maximum atomic E-state index is 12.6. The van der Waals surface area contributed by atoms with Gasteiger partial charge in [0, 0.05) is 35.9 Å². The highest BCUT2D eigenvalue weighted by atomic mass is 16.5. The van der Waals surface area contributed by atoms with Gasteiger partial charge in [-0.1, -0.05) is 18.2 Å². The second-order valence-corrected chi connectivity index (χ2v) is 8.51. The summed E-state index contributed by atoms with van der Waals surface area (Å²) >= 11 is 0. The van der Waals surface area contributed by atoms with Crippen LogP contribution >= 0.6 is 0 Å². The van der Waals surface area contributed by atoms with Crippen LogP contribution in [-0.4, -0.2) is 50.3 Å². The summed E-state index contributed by atoms with van der Waals surface area (Å²) in [6.45, 7) is 7.15. The molecule has 0 saturated heterocycles. The number of ether oxygens (including phenoxy) is 1. The zero-order valence-electron chi connectivity index (χ0n) is 22.6. The van der Waals surface area contributed by atoms with Gasteiger partial charge in [0.25, 0.3) is 5.91 Å². The maximum absolute atomic E-state index is 12.6. The van der Waals surface area contributed by atoms with Gasteiger partial charge in [0.1, 0.15) is 17.4 Å². The molecule has 0 unspecified atom stereocenters. The molecule has 10 heteroatoms. The lowest BCUT2D eigenvalue weighted by Crippen LogP contribution is -2.35. The molecule has 1 aromatic heterocycles. The largest absolute Gasteiger partial charge is 0.462 e. The number of amides is 2. The van der Waals surface area contributed by atoms with Gasteiger partial charge in [-0.2, -0.15) is 0 Å². The van der Waals surface area contributed by atoms with E-state index in [4.69, 9.17) is 9.15 Å². The van der Waals surface area contributed by atoms with Crippen molar-refractivity contribution in [2.75, 3.05) is 36.5 Å². The van der Waals surface area contributed by atoms with Crippen molar-refractivity contribution < 1.29 is 28.3 Å². The van der Waals surface area contributed by atoms with Crippen molar-refractivity contribution >= 4 is 52.5 Å². The number of carbonyl (C=O) groups excluding carboxylic acids is 4. The van der Waals surface area contributed by atoms with Crippen LogP contribution < -0.4 is 21.2 Å². The summed E-state index contributed by atoms with van der Waals surface area (Å²) in [4.78, 5) is 62.2. The summed E-state index contributed by atoms with van der Waals surface area (Å²) in [6, 6.07) is 13.6. The lowest BCUT2D eigenvalue weighted by atomic mass is 10.1. The molecule has 3 rings (SSSR count). The Morgan fingerprint density at radius 2 is 1.73 bits per heavy atom. The SMILES string of the molecule is CCOC(=O)C(C=Cc1ccc(NC(=O)CNC(=O)c2cc3ccc(N(CC)CC)cc3oc2=O)cc1)=CC=O. The van der Waals surface area contributed by atoms with Gasteiger partial charge in [-0.15, -0.1) is 0 Å². The van der Waals surface area contributed by atoms with Gasteiger partial charge in [0.15, 0.2) is 0 Å². The molecule has 0 aliphatic carbocycles. The fourth-order valence-corrected chi connectivity index (χ4v) is 3.85. The predicted octanol–water partition coefficient (Wildman–Crippen LogP) is 3.71. The molecule has 0 spiro atoms. The number of nitrogens with zero attached hydrogens (tertiary/aromatic N) is 1. The van der Waals surface area contributed by atoms with Crippen molar-refractivity contribution in [2.45, 2.75) is 20.8 Å². The molecule has 0 bridgehead atoms. The first-order chi connectivity index (χ1) is 19.3.